The molecule has 0 atom stereocenters. The minimum Gasteiger partial charge on any atom is -0.344 e. The zero-order valence-corrected chi connectivity index (χ0v) is 14.3. The second kappa shape index (κ2) is 7.89. The molecule has 120 valence electrons. The van der Waals surface area contributed by atoms with Crippen molar-refractivity contribution in [2.45, 2.75) is 20.0 Å². The van der Waals surface area contributed by atoms with Crippen molar-refractivity contribution in [1.82, 2.24) is 5.32 Å². The van der Waals surface area contributed by atoms with Crippen LogP contribution in [-0.4, -0.2) is 11.8 Å². The molecule has 2 rings (SSSR count). The number of anilines is 1. The number of nitrogens with two attached hydrogens (primary N) is 1. The Balaban J connectivity index is 1.93. The van der Waals surface area contributed by atoms with Gasteiger partial charge in [0.2, 0.25) is 0 Å². The first kappa shape index (κ1) is 17.2. The fourth-order valence-corrected chi connectivity index (χ4v) is 2.55. The predicted molar refractivity (Wildman–Crippen MR) is 93.7 cm³/mol. The first-order valence-electron chi connectivity index (χ1n) is 7.13. The molecule has 0 radical (unpaired) electrons. The van der Waals surface area contributed by atoms with E-state index in [0.717, 1.165) is 21.2 Å². The maximum atomic E-state index is 11.9. The van der Waals surface area contributed by atoms with Gasteiger partial charge in [-0.15, -0.1) is 0 Å². The molecule has 0 aromatic heterocycles. The van der Waals surface area contributed by atoms with Crippen LogP contribution in [0.5, 0.6) is 0 Å². The number of hydrogen-bond donors (Lipinski definition) is 3. The van der Waals surface area contributed by atoms with Crippen molar-refractivity contribution in [3.63, 3.8) is 0 Å². The molecule has 0 aliphatic carbocycles. The summed E-state index contributed by atoms with van der Waals surface area (Å²) in [6, 6.07) is 13.0. The van der Waals surface area contributed by atoms with Crippen molar-refractivity contribution in [2.75, 3.05) is 5.32 Å². The normalized spacial score (nSPS) is 10.2. The van der Waals surface area contributed by atoms with E-state index in [0.29, 0.717) is 12.2 Å². The summed E-state index contributed by atoms with van der Waals surface area (Å²) in [6.45, 7) is 2.57. The van der Waals surface area contributed by atoms with Crippen LogP contribution in [0.25, 0.3) is 0 Å². The van der Waals surface area contributed by atoms with Crippen LogP contribution < -0.4 is 16.4 Å². The van der Waals surface area contributed by atoms with Gasteiger partial charge in [-0.2, -0.15) is 0 Å². The fourth-order valence-electron chi connectivity index (χ4n) is 2.08. The summed E-state index contributed by atoms with van der Waals surface area (Å²) in [7, 11) is 0. The zero-order chi connectivity index (χ0) is 16.8. The van der Waals surface area contributed by atoms with E-state index in [1.54, 1.807) is 12.1 Å². The maximum Gasteiger partial charge on any atom is 0.313 e. The van der Waals surface area contributed by atoms with Gasteiger partial charge in [-0.3, -0.25) is 9.59 Å². The third-order valence-corrected chi connectivity index (χ3v) is 3.82. The first-order chi connectivity index (χ1) is 11.0. The molecule has 0 unspecified atom stereocenters. The Kier molecular flexibility index (Phi) is 5.90. The number of carbonyl (C=O) groups excluding carboxylic acids is 2. The molecule has 2 aromatic carbocycles. The third kappa shape index (κ3) is 4.91. The number of hydrogen-bond acceptors (Lipinski definition) is 3. The van der Waals surface area contributed by atoms with Crippen LogP contribution in [0.15, 0.2) is 46.9 Å². The topological polar surface area (TPSA) is 84.2 Å². The van der Waals surface area contributed by atoms with E-state index >= 15 is 0 Å². The lowest BCUT2D eigenvalue weighted by molar-refractivity contribution is -0.136. The molecule has 5 nitrogen and oxygen atoms in total. The second-order valence-corrected chi connectivity index (χ2v) is 6.04. The summed E-state index contributed by atoms with van der Waals surface area (Å²) < 4.78 is 0.914. The number of rotatable bonds is 4. The highest BCUT2D eigenvalue weighted by atomic mass is 79.9. The highest BCUT2D eigenvalue weighted by Crippen LogP contribution is 2.19. The Labute approximate surface area is 143 Å². The average Bonchev–Trinajstić information content (AvgIpc) is 2.55. The summed E-state index contributed by atoms with van der Waals surface area (Å²) in [6.07, 6.45) is 0. The lowest BCUT2D eigenvalue weighted by Crippen LogP contribution is -2.35. The highest BCUT2D eigenvalue weighted by molar-refractivity contribution is 9.10. The lowest BCUT2D eigenvalue weighted by Gasteiger charge is -2.09. The largest absolute Gasteiger partial charge is 0.344 e. The number of halogens is 1. The Morgan fingerprint density at radius 1 is 1.09 bits per heavy atom. The van der Waals surface area contributed by atoms with Gasteiger partial charge in [0.15, 0.2) is 0 Å². The summed E-state index contributed by atoms with van der Waals surface area (Å²) in [4.78, 5) is 23.8. The van der Waals surface area contributed by atoms with Gasteiger partial charge in [0.25, 0.3) is 0 Å². The Morgan fingerprint density at radius 2 is 1.83 bits per heavy atom. The van der Waals surface area contributed by atoms with E-state index in [2.05, 4.69) is 26.6 Å². The molecular weight excluding hydrogens is 358 g/mol. The summed E-state index contributed by atoms with van der Waals surface area (Å²) in [5, 5.41) is 5.20. The van der Waals surface area contributed by atoms with Gasteiger partial charge in [-0.1, -0.05) is 40.2 Å². The van der Waals surface area contributed by atoms with Gasteiger partial charge in [0.1, 0.15) is 0 Å². The number of amides is 2. The monoisotopic (exact) mass is 375 g/mol. The molecule has 0 fully saturated rings. The zero-order valence-electron chi connectivity index (χ0n) is 12.7. The highest BCUT2D eigenvalue weighted by Gasteiger charge is 2.14. The van der Waals surface area contributed by atoms with E-state index < -0.39 is 11.8 Å². The van der Waals surface area contributed by atoms with Crippen LogP contribution in [0.2, 0.25) is 0 Å². The molecule has 0 bridgehead atoms. The molecule has 6 heteroatoms. The van der Waals surface area contributed by atoms with Gasteiger partial charge >= 0.3 is 11.8 Å². The molecule has 23 heavy (non-hydrogen) atoms. The van der Waals surface area contributed by atoms with Crippen molar-refractivity contribution >= 4 is 33.4 Å². The van der Waals surface area contributed by atoms with Crippen molar-refractivity contribution in [2.24, 2.45) is 5.73 Å². The summed E-state index contributed by atoms with van der Waals surface area (Å²) in [5.41, 5.74) is 8.94. The first-order valence-corrected chi connectivity index (χ1v) is 7.92. The molecule has 0 heterocycles. The Hall–Kier alpha value is -2.18. The van der Waals surface area contributed by atoms with Gasteiger partial charge in [0.05, 0.1) is 0 Å². The Morgan fingerprint density at radius 3 is 2.52 bits per heavy atom. The lowest BCUT2D eigenvalue weighted by atomic mass is 10.1. The molecular formula is C17H18BrN3O2. The molecule has 4 N–H and O–H groups in total. The fraction of sp³-hybridized carbons (Fsp3) is 0.176. The van der Waals surface area contributed by atoms with Crippen LogP contribution in [-0.2, 0) is 22.7 Å². The number of carbonyl (C=O) groups is 2. The quantitative estimate of drug-likeness (QED) is 0.717. The van der Waals surface area contributed by atoms with Crippen LogP contribution in [0.4, 0.5) is 5.69 Å². The SMILES string of the molecule is Cc1cc(Br)ccc1NC(=O)C(=O)NCc1cccc(CN)c1. The number of aryl methyl sites for hydroxylation is 1. The van der Waals surface area contributed by atoms with E-state index in [1.165, 1.54) is 0 Å². The van der Waals surface area contributed by atoms with Crippen LogP contribution in [0.1, 0.15) is 16.7 Å². The molecule has 2 amide bonds. The average molecular weight is 376 g/mol. The van der Waals surface area contributed by atoms with Crippen LogP contribution >= 0.6 is 15.9 Å². The van der Waals surface area contributed by atoms with Crippen LogP contribution in [0.3, 0.4) is 0 Å². The van der Waals surface area contributed by atoms with E-state index in [1.807, 2.05) is 37.3 Å². The standard InChI is InChI=1S/C17H18BrN3O2/c1-11-7-14(18)5-6-15(11)21-17(23)16(22)20-10-13-4-2-3-12(8-13)9-19/h2-8H,9-10,19H2,1H3,(H,20,22)(H,21,23). The molecule has 0 aliphatic rings. The smallest absolute Gasteiger partial charge is 0.313 e. The summed E-state index contributed by atoms with van der Waals surface area (Å²) in [5.74, 6) is -1.36. The molecule has 0 spiro atoms. The van der Waals surface area contributed by atoms with E-state index in [9.17, 15) is 9.59 Å². The number of benzene rings is 2. The minimum atomic E-state index is -0.689. The van der Waals surface area contributed by atoms with Gasteiger partial charge in [-0.05, 0) is 41.8 Å². The van der Waals surface area contributed by atoms with Gasteiger partial charge < -0.3 is 16.4 Å². The molecule has 0 saturated carbocycles. The molecule has 2 aromatic rings. The van der Waals surface area contributed by atoms with Crippen molar-refractivity contribution in [3.8, 4) is 0 Å². The molecule has 0 saturated heterocycles. The number of nitrogens with one attached hydrogen (secondary N) is 2. The van der Waals surface area contributed by atoms with Gasteiger partial charge in [-0.25, -0.2) is 0 Å². The van der Waals surface area contributed by atoms with E-state index in [-0.39, 0.29) is 6.54 Å². The third-order valence-electron chi connectivity index (χ3n) is 3.32. The van der Waals surface area contributed by atoms with Crippen molar-refractivity contribution in [3.05, 3.63) is 63.6 Å². The molecule has 0 aliphatic heterocycles. The Bertz CT molecular complexity index is 732. The van der Waals surface area contributed by atoms with E-state index in [4.69, 9.17) is 5.73 Å². The summed E-state index contributed by atoms with van der Waals surface area (Å²) >= 11 is 3.35. The predicted octanol–water partition coefficient (Wildman–Crippen LogP) is 2.47. The van der Waals surface area contributed by atoms with Crippen molar-refractivity contribution < 1.29 is 9.59 Å². The van der Waals surface area contributed by atoms with Gasteiger partial charge in [0, 0.05) is 23.2 Å². The van der Waals surface area contributed by atoms with Crippen molar-refractivity contribution in [1.29, 1.82) is 0 Å². The maximum absolute atomic E-state index is 11.9. The minimum absolute atomic E-state index is 0.277. The van der Waals surface area contributed by atoms with Crippen LogP contribution in [0, 0.1) is 6.92 Å². The second-order valence-electron chi connectivity index (χ2n) is 5.12.